The molecule has 1 aliphatic rings. The molecular formula is C24H15Cl3FNO3S. The van der Waals surface area contributed by atoms with Crippen molar-refractivity contribution in [2.24, 2.45) is 0 Å². The number of amides is 2. The van der Waals surface area contributed by atoms with E-state index in [2.05, 4.69) is 0 Å². The number of thioether (sulfide) groups is 1. The van der Waals surface area contributed by atoms with Gasteiger partial charge < -0.3 is 4.74 Å². The van der Waals surface area contributed by atoms with Gasteiger partial charge in [-0.15, -0.1) is 0 Å². The molecule has 0 unspecified atom stereocenters. The second-order valence-corrected chi connectivity index (χ2v) is 9.27. The first-order chi connectivity index (χ1) is 15.8. The number of hydrogen-bond acceptors (Lipinski definition) is 4. The van der Waals surface area contributed by atoms with Crippen LogP contribution in [0.1, 0.15) is 16.7 Å². The second-order valence-electron chi connectivity index (χ2n) is 7.06. The normalized spacial score (nSPS) is 14.9. The Morgan fingerprint density at radius 2 is 1.64 bits per heavy atom. The summed E-state index contributed by atoms with van der Waals surface area (Å²) in [6.45, 7) is 0.0262. The summed E-state index contributed by atoms with van der Waals surface area (Å²) in [6, 6.07) is 16.9. The zero-order chi connectivity index (χ0) is 23.5. The van der Waals surface area contributed by atoms with Gasteiger partial charge in [0.05, 0.1) is 21.5 Å². The molecule has 9 heteroatoms. The molecule has 0 N–H and O–H groups in total. The minimum absolute atomic E-state index is 0.0775. The van der Waals surface area contributed by atoms with E-state index < -0.39 is 17.0 Å². The lowest BCUT2D eigenvalue weighted by atomic mass is 10.1. The molecular weight excluding hydrogens is 508 g/mol. The number of halogens is 4. The first-order valence-corrected chi connectivity index (χ1v) is 11.6. The van der Waals surface area contributed by atoms with Crippen LogP contribution in [0, 0.1) is 5.82 Å². The van der Waals surface area contributed by atoms with Crippen LogP contribution >= 0.6 is 46.6 Å². The average Bonchev–Trinajstić information content (AvgIpc) is 3.03. The van der Waals surface area contributed by atoms with Gasteiger partial charge in [0.15, 0.2) is 5.75 Å². The monoisotopic (exact) mass is 521 g/mol. The Balaban J connectivity index is 1.52. The van der Waals surface area contributed by atoms with E-state index in [1.807, 2.05) is 30.3 Å². The van der Waals surface area contributed by atoms with Crippen LogP contribution in [0.5, 0.6) is 5.75 Å². The maximum atomic E-state index is 14.1. The zero-order valence-electron chi connectivity index (χ0n) is 16.9. The number of hydrogen-bond donors (Lipinski definition) is 0. The van der Waals surface area contributed by atoms with E-state index >= 15 is 0 Å². The quantitative estimate of drug-likeness (QED) is 0.313. The van der Waals surface area contributed by atoms with Gasteiger partial charge in [-0.25, -0.2) is 4.39 Å². The highest BCUT2D eigenvalue weighted by Gasteiger charge is 2.36. The van der Waals surface area contributed by atoms with Gasteiger partial charge in [-0.2, -0.15) is 0 Å². The third-order valence-electron chi connectivity index (χ3n) is 4.80. The Kier molecular flexibility index (Phi) is 7.29. The molecule has 33 heavy (non-hydrogen) atoms. The Morgan fingerprint density at radius 1 is 0.939 bits per heavy atom. The molecule has 3 aromatic carbocycles. The maximum absolute atomic E-state index is 14.1. The lowest BCUT2D eigenvalue weighted by Gasteiger charge is -2.14. The van der Waals surface area contributed by atoms with Crippen LogP contribution < -0.4 is 4.74 Å². The minimum atomic E-state index is -0.588. The molecule has 2 amide bonds. The van der Waals surface area contributed by atoms with Crippen molar-refractivity contribution in [1.29, 1.82) is 0 Å². The molecule has 1 aliphatic heterocycles. The van der Waals surface area contributed by atoms with Crippen molar-refractivity contribution in [3.05, 3.63) is 103 Å². The highest BCUT2D eigenvalue weighted by Crippen LogP contribution is 2.38. The SMILES string of the molecule is O=C1S/C(=C\c2cc(Cl)c(OCc3ccccc3)c(Cl)c2)C(=O)N1Cc1c(F)cccc1Cl. The smallest absolute Gasteiger partial charge is 0.293 e. The molecule has 4 rings (SSSR count). The van der Waals surface area contributed by atoms with E-state index in [-0.39, 0.29) is 38.7 Å². The van der Waals surface area contributed by atoms with Gasteiger partial charge >= 0.3 is 0 Å². The predicted octanol–water partition coefficient (Wildman–Crippen LogP) is 7.60. The Morgan fingerprint density at radius 3 is 2.30 bits per heavy atom. The molecule has 0 radical (unpaired) electrons. The molecule has 4 nitrogen and oxygen atoms in total. The number of rotatable bonds is 6. The minimum Gasteiger partial charge on any atom is -0.486 e. The highest BCUT2D eigenvalue weighted by atomic mass is 35.5. The molecule has 0 aliphatic carbocycles. The van der Waals surface area contributed by atoms with Gasteiger partial charge in [-0.1, -0.05) is 71.2 Å². The third kappa shape index (κ3) is 5.36. The van der Waals surface area contributed by atoms with Crippen LogP contribution in [0.15, 0.2) is 65.6 Å². The molecule has 1 heterocycles. The lowest BCUT2D eigenvalue weighted by molar-refractivity contribution is -0.123. The summed E-state index contributed by atoms with van der Waals surface area (Å²) in [6.07, 6.45) is 1.51. The molecule has 0 spiro atoms. The van der Waals surface area contributed by atoms with Crippen molar-refractivity contribution < 1.29 is 18.7 Å². The van der Waals surface area contributed by atoms with Gasteiger partial charge in [-0.05, 0) is 53.2 Å². The van der Waals surface area contributed by atoms with Crippen LogP contribution in [0.4, 0.5) is 9.18 Å². The molecule has 0 bridgehead atoms. The fourth-order valence-corrected chi connectivity index (χ4v) is 4.83. The molecule has 0 aromatic heterocycles. The first-order valence-electron chi connectivity index (χ1n) is 9.67. The molecule has 168 valence electrons. The Labute approximate surface area is 208 Å². The van der Waals surface area contributed by atoms with Gasteiger partial charge in [0.25, 0.3) is 11.1 Å². The lowest BCUT2D eigenvalue weighted by Crippen LogP contribution is -2.28. The standard InChI is InChI=1S/C24H15Cl3FNO3S/c25-17-7-4-8-20(28)16(17)12-29-23(30)21(33-24(29)31)11-15-9-18(26)22(19(27)10-15)32-13-14-5-2-1-3-6-14/h1-11H,12-13H2/b21-11-. The van der Waals surface area contributed by atoms with Crippen LogP contribution in [0.25, 0.3) is 6.08 Å². The fraction of sp³-hybridized carbons (Fsp3) is 0.0833. The second kappa shape index (κ2) is 10.2. The number of imide groups is 1. The summed E-state index contributed by atoms with van der Waals surface area (Å²) in [7, 11) is 0. The summed E-state index contributed by atoms with van der Waals surface area (Å²) >= 11 is 19.5. The van der Waals surface area contributed by atoms with Crippen molar-refractivity contribution in [2.75, 3.05) is 0 Å². The van der Waals surface area contributed by atoms with Gasteiger partial charge in [0.1, 0.15) is 12.4 Å². The van der Waals surface area contributed by atoms with Crippen LogP contribution in [-0.4, -0.2) is 16.0 Å². The summed E-state index contributed by atoms with van der Waals surface area (Å²) in [5.41, 5.74) is 1.55. The topological polar surface area (TPSA) is 46.6 Å². The van der Waals surface area contributed by atoms with Crippen molar-refractivity contribution in [2.45, 2.75) is 13.2 Å². The number of ether oxygens (including phenoxy) is 1. The zero-order valence-corrected chi connectivity index (χ0v) is 19.9. The summed E-state index contributed by atoms with van der Waals surface area (Å²) in [5.74, 6) is -0.821. The highest BCUT2D eigenvalue weighted by molar-refractivity contribution is 8.18. The van der Waals surface area contributed by atoms with E-state index in [0.29, 0.717) is 11.3 Å². The fourth-order valence-electron chi connectivity index (χ4n) is 3.16. The molecule has 0 saturated carbocycles. The number of benzene rings is 3. The molecule has 3 aromatic rings. The van der Waals surface area contributed by atoms with E-state index in [1.165, 1.54) is 24.3 Å². The first kappa shape index (κ1) is 23.6. The van der Waals surface area contributed by atoms with Gasteiger partial charge in [0.2, 0.25) is 0 Å². The van der Waals surface area contributed by atoms with Gasteiger partial charge in [-0.3, -0.25) is 14.5 Å². The molecule has 1 saturated heterocycles. The van der Waals surface area contributed by atoms with E-state index in [9.17, 15) is 14.0 Å². The number of carbonyl (C=O) groups is 2. The Hall–Kier alpha value is -2.51. The number of carbonyl (C=O) groups excluding carboxylic acids is 2. The predicted molar refractivity (Wildman–Crippen MR) is 130 cm³/mol. The van der Waals surface area contributed by atoms with Crippen LogP contribution in [-0.2, 0) is 17.9 Å². The van der Waals surface area contributed by atoms with Crippen LogP contribution in [0.2, 0.25) is 15.1 Å². The van der Waals surface area contributed by atoms with Crippen LogP contribution in [0.3, 0.4) is 0 Å². The summed E-state index contributed by atoms with van der Waals surface area (Å²) in [4.78, 5) is 26.3. The van der Waals surface area contributed by atoms with Crippen molar-refractivity contribution >= 4 is 63.8 Å². The molecule has 1 fully saturated rings. The van der Waals surface area contributed by atoms with Crippen molar-refractivity contribution in [3.63, 3.8) is 0 Å². The third-order valence-corrected chi connectivity index (χ3v) is 6.62. The van der Waals surface area contributed by atoms with Crippen molar-refractivity contribution in [1.82, 2.24) is 4.90 Å². The average molecular weight is 523 g/mol. The summed E-state index contributed by atoms with van der Waals surface area (Å²) in [5, 5.41) is 0.150. The largest absolute Gasteiger partial charge is 0.486 e. The maximum Gasteiger partial charge on any atom is 0.293 e. The Bertz CT molecular complexity index is 1220. The van der Waals surface area contributed by atoms with E-state index in [4.69, 9.17) is 39.5 Å². The molecule has 0 atom stereocenters. The van der Waals surface area contributed by atoms with E-state index in [1.54, 1.807) is 12.1 Å². The summed E-state index contributed by atoms with van der Waals surface area (Å²) < 4.78 is 19.9. The number of nitrogens with zero attached hydrogens (tertiary/aromatic N) is 1. The van der Waals surface area contributed by atoms with Crippen molar-refractivity contribution in [3.8, 4) is 5.75 Å². The van der Waals surface area contributed by atoms with Gasteiger partial charge in [0, 0.05) is 10.6 Å². The van der Waals surface area contributed by atoms with E-state index in [0.717, 1.165) is 22.2 Å².